The number of benzene rings is 1. The standard InChI is InChI=1S/C16H14ClN3OS/c1-9-5-4-6-12(17)13(9)11-7-10-8-18-16(22-3)19-14(10)20(2)15(11)21/h4-8H,1-3H3. The summed E-state index contributed by atoms with van der Waals surface area (Å²) < 4.78 is 1.55. The molecule has 0 aliphatic rings. The maximum atomic E-state index is 12.7. The van der Waals surface area contributed by atoms with E-state index in [1.54, 1.807) is 23.9 Å². The molecule has 0 saturated carbocycles. The third-order valence-electron chi connectivity index (χ3n) is 3.60. The second-order valence-electron chi connectivity index (χ2n) is 4.99. The van der Waals surface area contributed by atoms with Crippen LogP contribution in [0.1, 0.15) is 5.56 Å². The van der Waals surface area contributed by atoms with Crippen LogP contribution in [0.3, 0.4) is 0 Å². The van der Waals surface area contributed by atoms with Crippen molar-refractivity contribution in [2.75, 3.05) is 6.26 Å². The Morgan fingerprint density at radius 1 is 1.32 bits per heavy atom. The molecular formula is C16H14ClN3OS. The van der Waals surface area contributed by atoms with Gasteiger partial charge in [0.1, 0.15) is 5.65 Å². The lowest BCUT2D eigenvalue weighted by Gasteiger charge is -2.11. The second-order valence-corrected chi connectivity index (χ2v) is 6.17. The zero-order chi connectivity index (χ0) is 15.9. The van der Waals surface area contributed by atoms with E-state index in [-0.39, 0.29) is 5.56 Å². The minimum absolute atomic E-state index is 0.116. The van der Waals surface area contributed by atoms with Crippen molar-refractivity contribution in [2.24, 2.45) is 7.05 Å². The Bertz CT molecular complexity index is 916. The van der Waals surface area contributed by atoms with Crippen molar-refractivity contribution < 1.29 is 0 Å². The predicted octanol–water partition coefficient (Wildman–Crippen LogP) is 3.68. The fraction of sp³-hybridized carbons (Fsp3) is 0.188. The Labute approximate surface area is 137 Å². The number of hydrogen-bond donors (Lipinski definition) is 0. The van der Waals surface area contributed by atoms with Crippen LogP contribution in [0.2, 0.25) is 5.02 Å². The summed E-state index contributed by atoms with van der Waals surface area (Å²) in [4.78, 5) is 21.4. The monoisotopic (exact) mass is 331 g/mol. The van der Waals surface area contributed by atoms with Crippen LogP contribution in [0.5, 0.6) is 0 Å². The summed E-state index contributed by atoms with van der Waals surface area (Å²) in [6.45, 7) is 1.94. The molecule has 2 aromatic heterocycles. The number of pyridine rings is 1. The van der Waals surface area contributed by atoms with Gasteiger partial charge >= 0.3 is 0 Å². The topological polar surface area (TPSA) is 47.8 Å². The van der Waals surface area contributed by atoms with Gasteiger partial charge in [-0.1, -0.05) is 35.5 Å². The summed E-state index contributed by atoms with van der Waals surface area (Å²) in [6, 6.07) is 7.43. The number of rotatable bonds is 2. The van der Waals surface area contributed by atoms with E-state index in [1.165, 1.54) is 11.8 Å². The van der Waals surface area contributed by atoms with Crippen molar-refractivity contribution in [3.63, 3.8) is 0 Å². The van der Waals surface area contributed by atoms with Crippen LogP contribution in [-0.4, -0.2) is 20.8 Å². The Morgan fingerprint density at radius 2 is 2.09 bits per heavy atom. The molecule has 0 aliphatic heterocycles. The molecule has 4 nitrogen and oxygen atoms in total. The van der Waals surface area contributed by atoms with Gasteiger partial charge in [-0.05, 0) is 30.9 Å². The van der Waals surface area contributed by atoms with E-state index in [1.807, 2.05) is 31.4 Å². The van der Waals surface area contributed by atoms with E-state index in [9.17, 15) is 4.79 Å². The second kappa shape index (κ2) is 5.74. The van der Waals surface area contributed by atoms with Gasteiger partial charge < -0.3 is 0 Å². The van der Waals surface area contributed by atoms with Crippen molar-refractivity contribution in [2.45, 2.75) is 12.1 Å². The van der Waals surface area contributed by atoms with E-state index in [2.05, 4.69) is 9.97 Å². The molecule has 2 heterocycles. The van der Waals surface area contributed by atoms with Crippen molar-refractivity contribution in [3.05, 3.63) is 51.4 Å². The first-order valence-corrected chi connectivity index (χ1v) is 8.29. The molecule has 0 atom stereocenters. The molecule has 0 aliphatic carbocycles. The molecule has 3 aromatic rings. The summed E-state index contributed by atoms with van der Waals surface area (Å²) >= 11 is 7.75. The number of aromatic nitrogens is 3. The number of thioether (sulfide) groups is 1. The van der Waals surface area contributed by atoms with Gasteiger partial charge in [-0.3, -0.25) is 9.36 Å². The SMILES string of the molecule is CSc1ncc2cc(-c3c(C)cccc3Cl)c(=O)n(C)c2n1. The Balaban J connectivity index is 2.38. The average molecular weight is 332 g/mol. The molecule has 0 fully saturated rings. The lowest BCUT2D eigenvalue weighted by atomic mass is 10.0. The van der Waals surface area contributed by atoms with E-state index < -0.39 is 0 Å². The number of halogens is 1. The molecule has 0 N–H and O–H groups in total. The Morgan fingerprint density at radius 3 is 2.77 bits per heavy atom. The first-order valence-electron chi connectivity index (χ1n) is 6.69. The third-order valence-corrected chi connectivity index (χ3v) is 4.48. The van der Waals surface area contributed by atoms with Crippen LogP contribution in [0.15, 0.2) is 40.4 Å². The molecule has 0 radical (unpaired) electrons. The highest BCUT2D eigenvalue weighted by molar-refractivity contribution is 7.98. The lowest BCUT2D eigenvalue weighted by molar-refractivity contribution is 0.861. The summed E-state index contributed by atoms with van der Waals surface area (Å²) in [5, 5.41) is 2.02. The van der Waals surface area contributed by atoms with Crippen molar-refractivity contribution >= 4 is 34.4 Å². The van der Waals surface area contributed by atoms with Crippen LogP contribution in [0.25, 0.3) is 22.2 Å². The summed E-state index contributed by atoms with van der Waals surface area (Å²) in [5.41, 5.74) is 2.80. The maximum Gasteiger partial charge on any atom is 0.259 e. The van der Waals surface area contributed by atoms with Crippen LogP contribution in [-0.2, 0) is 7.05 Å². The molecule has 6 heteroatoms. The molecule has 0 bridgehead atoms. The number of aryl methyl sites for hydroxylation is 2. The largest absolute Gasteiger partial charge is 0.295 e. The van der Waals surface area contributed by atoms with Gasteiger partial charge in [0.25, 0.3) is 5.56 Å². The van der Waals surface area contributed by atoms with Gasteiger partial charge in [0.05, 0.1) is 0 Å². The van der Waals surface area contributed by atoms with Gasteiger partial charge in [0.2, 0.25) is 0 Å². The smallest absolute Gasteiger partial charge is 0.259 e. The summed E-state index contributed by atoms with van der Waals surface area (Å²) in [5.74, 6) is 0. The highest BCUT2D eigenvalue weighted by atomic mass is 35.5. The highest BCUT2D eigenvalue weighted by Crippen LogP contribution is 2.30. The average Bonchev–Trinajstić information content (AvgIpc) is 2.51. The maximum absolute atomic E-state index is 12.7. The zero-order valence-electron chi connectivity index (χ0n) is 12.4. The van der Waals surface area contributed by atoms with Gasteiger partial charge in [0, 0.05) is 34.8 Å². The van der Waals surface area contributed by atoms with Crippen LogP contribution >= 0.6 is 23.4 Å². The van der Waals surface area contributed by atoms with Gasteiger partial charge in [-0.25, -0.2) is 9.97 Å². The molecular weight excluding hydrogens is 318 g/mol. The quantitative estimate of drug-likeness (QED) is 0.531. The lowest BCUT2D eigenvalue weighted by Crippen LogP contribution is -2.20. The molecule has 0 spiro atoms. The number of fused-ring (bicyclic) bond motifs is 1. The minimum atomic E-state index is -0.116. The van der Waals surface area contributed by atoms with Crippen molar-refractivity contribution in [1.29, 1.82) is 0 Å². The van der Waals surface area contributed by atoms with Crippen LogP contribution in [0.4, 0.5) is 0 Å². The molecule has 112 valence electrons. The molecule has 0 unspecified atom stereocenters. The fourth-order valence-electron chi connectivity index (χ4n) is 2.48. The summed E-state index contributed by atoms with van der Waals surface area (Å²) in [6.07, 6.45) is 3.64. The Kier molecular flexibility index (Phi) is 3.93. The van der Waals surface area contributed by atoms with E-state index in [0.29, 0.717) is 21.4 Å². The van der Waals surface area contributed by atoms with Gasteiger partial charge in [0.15, 0.2) is 5.16 Å². The van der Waals surface area contributed by atoms with E-state index in [4.69, 9.17) is 11.6 Å². The first-order chi connectivity index (χ1) is 10.5. The predicted molar refractivity (Wildman–Crippen MR) is 91.7 cm³/mol. The normalized spacial score (nSPS) is 11.1. The van der Waals surface area contributed by atoms with Crippen LogP contribution in [0, 0.1) is 6.92 Å². The highest BCUT2D eigenvalue weighted by Gasteiger charge is 2.15. The van der Waals surface area contributed by atoms with Crippen molar-refractivity contribution in [1.82, 2.24) is 14.5 Å². The molecule has 0 amide bonds. The number of nitrogens with zero attached hydrogens (tertiary/aromatic N) is 3. The minimum Gasteiger partial charge on any atom is -0.295 e. The van der Waals surface area contributed by atoms with Gasteiger partial charge in [-0.15, -0.1) is 0 Å². The molecule has 1 aromatic carbocycles. The number of hydrogen-bond acceptors (Lipinski definition) is 4. The van der Waals surface area contributed by atoms with Crippen LogP contribution < -0.4 is 5.56 Å². The van der Waals surface area contributed by atoms with Gasteiger partial charge in [-0.2, -0.15) is 0 Å². The van der Waals surface area contributed by atoms with E-state index >= 15 is 0 Å². The zero-order valence-corrected chi connectivity index (χ0v) is 14.0. The molecule has 22 heavy (non-hydrogen) atoms. The molecule has 3 rings (SSSR count). The van der Waals surface area contributed by atoms with E-state index in [0.717, 1.165) is 16.5 Å². The van der Waals surface area contributed by atoms with Crippen molar-refractivity contribution in [3.8, 4) is 11.1 Å². The summed E-state index contributed by atoms with van der Waals surface area (Å²) in [7, 11) is 1.72. The molecule has 0 saturated heterocycles. The first kappa shape index (κ1) is 15.1. The third kappa shape index (κ3) is 2.40. The Hall–Kier alpha value is -1.85. The fourth-order valence-corrected chi connectivity index (χ4v) is 3.14.